The molecule has 1 atom stereocenters. The number of thiazole rings is 1. The summed E-state index contributed by atoms with van der Waals surface area (Å²) in [5.41, 5.74) is 4.77. The van der Waals surface area contributed by atoms with E-state index in [4.69, 9.17) is 4.98 Å². The van der Waals surface area contributed by atoms with Gasteiger partial charge in [-0.25, -0.2) is 4.98 Å². The molecule has 0 aliphatic carbocycles. The van der Waals surface area contributed by atoms with E-state index in [-0.39, 0.29) is 6.04 Å². The zero-order valence-electron chi connectivity index (χ0n) is 14.1. The molecule has 2 aromatic heterocycles. The zero-order valence-corrected chi connectivity index (χ0v) is 14.9. The Morgan fingerprint density at radius 2 is 1.90 bits per heavy atom. The number of rotatable bonds is 5. The van der Waals surface area contributed by atoms with Crippen LogP contribution in [0.4, 0.5) is 0 Å². The molecule has 2 rings (SSSR count). The molecule has 0 aliphatic rings. The fourth-order valence-electron chi connectivity index (χ4n) is 2.72. The topological polar surface area (TPSA) is 42.7 Å². The van der Waals surface area contributed by atoms with Gasteiger partial charge in [0.2, 0.25) is 0 Å². The van der Waals surface area contributed by atoms with Crippen molar-refractivity contribution in [1.29, 1.82) is 0 Å². The van der Waals surface area contributed by atoms with E-state index < -0.39 is 0 Å². The minimum atomic E-state index is 0.127. The van der Waals surface area contributed by atoms with Crippen molar-refractivity contribution < 1.29 is 0 Å². The highest BCUT2D eigenvalue weighted by Gasteiger charge is 2.25. The molecule has 0 aliphatic heterocycles. The Morgan fingerprint density at radius 3 is 2.33 bits per heavy atom. The molecule has 0 fully saturated rings. The minimum absolute atomic E-state index is 0.127. The largest absolute Gasteiger partial charge is 0.302 e. The summed E-state index contributed by atoms with van der Waals surface area (Å²) in [4.78, 5) is 6.19. The molecular weight excluding hydrogens is 280 g/mol. The molecule has 1 unspecified atom stereocenters. The maximum absolute atomic E-state index is 4.87. The van der Waals surface area contributed by atoms with Gasteiger partial charge in [-0.1, -0.05) is 6.92 Å². The molecule has 5 heteroatoms. The second kappa shape index (κ2) is 6.28. The molecule has 0 aromatic carbocycles. The van der Waals surface area contributed by atoms with Crippen LogP contribution in [0.15, 0.2) is 0 Å². The lowest BCUT2D eigenvalue weighted by Gasteiger charge is -2.20. The fraction of sp³-hybridized carbons (Fsp3) is 0.625. The van der Waals surface area contributed by atoms with Gasteiger partial charge in [0.05, 0.1) is 17.4 Å². The van der Waals surface area contributed by atoms with Crippen LogP contribution in [-0.2, 0) is 13.5 Å². The van der Waals surface area contributed by atoms with Gasteiger partial charge in [0.15, 0.2) is 0 Å². The summed E-state index contributed by atoms with van der Waals surface area (Å²) < 4.78 is 1.96. The van der Waals surface area contributed by atoms with Crippen LogP contribution in [-0.4, -0.2) is 20.8 Å². The van der Waals surface area contributed by atoms with Crippen molar-refractivity contribution >= 4 is 11.3 Å². The van der Waals surface area contributed by atoms with E-state index in [1.165, 1.54) is 21.8 Å². The average Bonchev–Trinajstić information content (AvgIpc) is 2.88. The van der Waals surface area contributed by atoms with Crippen molar-refractivity contribution in [3.05, 3.63) is 32.5 Å². The third-order valence-corrected chi connectivity index (χ3v) is 4.92. The Balaban J connectivity index is 2.52. The molecule has 2 heterocycles. The number of nitrogens with one attached hydrogen (secondary N) is 1. The Hall–Kier alpha value is -1.20. The first-order chi connectivity index (χ1) is 9.85. The Morgan fingerprint density at radius 1 is 1.24 bits per heavy atom. The van der Waals surface area contributed by atoms with E-state index in [2.05, 4.69) is 52.0 Å². The van der Waals surface area contributed by atoms with E-state index in [0.717, 1.165) is 17.1 Å². The molecular formula is C16H26N4S. The first kappa shape index (κ1) is 16.2. The van der Waals surface area contributed by atoms with Crippen molar-refractivity contribution in [3.63, 3.8) is 0 Å². The zero-order chi connectivity index (χ0) is 15.7. The lowest BCUT2D eigenvalue weighted by molar-refractivity contribution is 0.522. The highest BCUT2D eigenvalue weighted by atomic mass is 32.1. The van der Waals surface area contributed by atoms with Crippen molar-refractivity contribution in [3.8, 4) is 0 Å². The molecule has 0 radical (unpaired) electrons. The quantitative estimate of drug-likeness (QED) is 0.920. The van der Waals surface area contributed by atoms with Crippen LogP contribution in [0.1, 0.15) is 59.3 Å². The average molecular weight is 306 g/mol. The maximum atomic E-state index is 4.87. The van der Waals surface area contributed by atoms with Gasteiger partial charge in [0.25, 0.3) is 0 Å². The summed E-state index contributed by atoms with van der Waals surface area (Å²) in [6.45, 7) is 12.9. The Kier molecular flexibility index (Phi) is 4.84. The fourth-order valence-corrected chi connectivity index (χ4v) is 3.80. The van der Waals surface area contributed by atoms with E-state index >= 15 is 0 Å². The summed E-state index contributed by atoms with van der Waals surface area (Å²) in [7, 11) is 2.00. The third-order valence-electron chi connectivity index (χ3n) is 3.84. The van der Waals surface area contributed by atoms with E-state index in [9.17, 15) is 0 Å². The Labute approximate surface area is 131 Å². The van der Waals surface area contributed by atoms with Crippen molar-refractivity contribution in [1.82, 2.24) is 20.1 Å². The van der Waals surface area contributed by atoms with Gasteiger partial charge in [-0.05, 0) is 41.0 Å². The van der Waals surface area contributed by atoms with Crippen LogP contribution >= 0.6 is 11.3 Å². The van der Waals surface area contributed by atoms with Crippen LogP contribution in [0.3, 0.4) is 0 Å². The monoisotopic (exact) mass is 306 g/mol. The lowest BCUT2D eigenvalue weighted by atomic mass is 10.0. The number of hydrogen-bond acceptors (Lipinski definition) is 4. The summed E-state index contributed by atoms with van der Waals surface area (Å²) in [6.07, 6.45) is 0.988. The summed E-state index contributed by atoms with van der Waals surface area (Å²) in [5, 5.41) is 9.38. The van der Waals surface area contributed by atoms with E-state index in [1.807, 2.05) is 11.7 Å². The maximum Gasteiger partial charge on any atom is 0.115 e. The number of nitrogens with zero attached hydrogens (tertiary/aromatic N) is 3. The van der Waals surface area contributed by atoms with Gasteiger partial charge in [0.1, 0.15) is 5.01 Å². The standard InChI is InChI=1S/C16H26N4S/c1-8-13-12(6)21-16(18-13)15(17-9(2)3)14-10(4)19-20(7)11(14)5/h9,15,17H,8H2,1-7H3. The predicted molar refractivity (Wildman–Crippen MR) is 89.0 cm³/mol. The van der Waals surface area contributed by atoms with Gasteiger partial charge < -0.3 is 5.32 Å². The second-order valence-corrected chi connectivity index (χ2v) is 7.11. The molecule has 0 saturated heterocycles. The first-order valence-electron chi connectivity index (χ1n) is 7.57. The Bertz CT molecular complexity index is 625. The van der Waals surface area contributed by atoms with Gasteiger partial charge in [-0.2, -0.15) is 5.10 Å². The van der Waals surface area contributed by atoms with Crippen LogP contribution in [0, 0.1) is 20.8 Å². The molecule has 116 valence electrons. The van der Waals surface area contributed by atoms with Crippen LogP contribution < -0.4 is 5.32 Å². The highest BCUT2D eigenvalue weighted by Crippen LogP contribution is 2.32. The number of aryl methyl sites for hydroxylation is 4. The summed E-state index contributed by atoms with van der Waals surface area (Å²) >= 11 is 1.80. The van der Waals surface area contributed by atoms with Crippen LogP contribution in [0.5, 0.6) is 0 Å². The molecule has 4 nitrogen and oxygen atoms in total. The van der Waals surface area contributed by atoms with Gasteiger partial charge in [0, 0.05) is 29.2 Å². The lowest BCUT2D eigenvalue weighted by Crippen LogP contribution is -2.29. The van der Waals surface area contributed by atoms with E-state index in [1.54, 1.807) is 11.3 Å². The van der Waals surface area contributed by atoms with E-state index in [0.29, 0.717) is 6.04 Å². The number of hydrogen-bond donors (Lipinski definition) is 1. The first-order valence-corrected chi connectivity index (χ1v) is 8.39. The molecule has 0 amide bonds. The smallest absolute Gasteiger partial charge is 0.115 e. The second-order valence-electron chi connectivity index (χ2n) is 5.87. The minimum Gasteiger partial charge on any atom is -0.302 e. The summed E-state index contributed by atoms with van der Waals surface area (Å²) in [5.74, 6) is 0. The third kappa shape index (κ3) is 3.19. The van der Waals surface area contributed by atoms with Crippen molar-refractivity contribution in [2.45, 2.75) is 60.0 Å². The van der Waals surface area contributed by atoms with Crippen molar-refractivity contribution in [2.24, 2.45) is 7.05 Å². The molecule has 2 aromatic rings. The molecule has 0 bridgehead atoms. The SMILES string of the molecule is CCc1nc(C(NC(C)C)c2c(C)nn(C)c2C)sc1C. The highest BCUT2D eigenvalue weighted by molar-refractivity contribution is 7.11. The van der Waals surface area contributed by atoms with Gasteiger partial charge in [-0.3, -0.25) is 4.68 Å². The number of aromatic nitrogens is 3. The molecule has 21 heavy (non-hydrogen) atoms. The molecule has 0 saturated carbocycles. The molecule has 0 spiro atoms. The predicted octanol–water partition coefficient (Wildman–Crippen LogP) is 3.45. The normalized spacial score (nSPS) is 13.1. The van der Waals surface area contributed by atoms with Gasteiger partial charge in [-0.15, -0.1) is 11.3 Å². The molecule has 1 N–H and O–H groups in total. The van der Waals surface area contributed by atoms with Gasteiger partial charge >= 0.3 is 0 Å². The van der Waals surface area contributed by atoms with Crippen molar-refractivity contribution in [2.75, 3.05) is 0 Å². The van der Waals surface area contributed by atoms with Crippen LogP contribution in [0.2, 0.25) is 0 Å². The summed E-state index contributed by atoms with van der Waals surface area (Å²) in [6, 6.07) is 0.519. The van der Waals surface area contributed by atoms with Crippen LogP contribution in [0.25, 0.3) is 0 Å².